The average Bonchev–Trinajstić information content (AvgIpc) is 2.49. The molecule has 1 aliphatic heterocycles. The molecule has 0 fully saturated rings. The molecule has 7 nitrogen and oxygen atoms in total. The van der Waals surface area contributed by atoms with Crippen molar-refractivity contribution in [2.24, 2.45) is 4.99 Å². The molecular formula is C12H10ClN5O2S. The Balaban J connectivity index is 1.95. The highest BCUT2D eigenvalue weighted by Gasteiger charge is 2.21. The van der Waals surface area contributed by atoms with Crippen molar-refractivity contribution >= 4 is 45.0 Å². The molecule has 0 radical (unpaired) electrons. The Hall–Kier alpha value is -2.19. The number of anilines is 1. The summed E-state index contributed by atoms with van der Waals surface area (Å²) in [5.41, 5.74) is 1.14. The Kier molecular flexibility index (Phi) is 3.48. The summed E-state index contributed by atoms with van der Waals surface area (Å²) >= 11 is 5.98. The number of fused-ring (bicyclic) bond motifs is 1. The Labute approximate surface area is 126 Å². The van der Waals surface area contributed by atoms with Crippen LogP contribution in [0.3, 0.4) is 0 Å². The Morgan fingerprint density at radius 3 is 2.57 bits per heavy atom. The van der Waals surface area contributed by atoms with E-state index < -0.39 is 10.2 Å². The summed E-state index contributed by atoms with van der Waals surface area (Å²) in [6, 6.07) is 7.05. The van der Waals surface area contributed by atoms with E-state index >= 15 is 0 Å². The lowest BCUT2D eigenvalue weighted by molar-refractivity contribution is 0.548. The molecule has 108 valence electrons. The summed E-state index contributed by atoms with van der Waals surface area (Å²) in [7, 11) is -3.83. The van der Waals surface area contributed by atoms with Gasteiger partial charge in [-0.25, -0.2) is 24.0 Å². The quantitative estimate of drug-likeness (QED) is 0.933. The first-order chi connectivity index (χ1) is 10.1. The van der Waals surface area contributed by atoms with Crippen molar-refractivity contribution in [2.75, 3.05) is 11.3 Å². The van der Waals surface area contributed by atoms with Gasteiger partial charge in [-0.05, 0) is 18.2 Å². The molecule has 1 aromatic carbocycles. The van der Waals surface area contributed by atoms with Crippen molar-refractivity contribution in [1.82, 2.24) is 14.3 Å². The molecule has 0 unspecified atom stereocenters. The Morgan fingerprint density at radius 2 is 1.90 bits per heavy atom. The third-order valence-electron chi connectivity index (χ3n) is 2.73. The second kappa shape index (κ2) is 5.30. The topological polar surface area (TPSA) is 87.5 Å². The number of nitrogens with one attached hydrogen (secondary N) is 1. The summed E-state index contributed by atoms with van der Waals surface area (Å²) in [4.78, 5) is 12.1. The Bertz CT molecular complexity index is 850. The molecule has 1 aliphatic rings. The highest BCUT2D eigenvalue weighted by atomic mass is 35.5. The van der Waals surface area contributed by atoms with E-state index in [9.17, 15) is 8.42 Å². The van der Waals surface area contributed by atoms with E-state index in [4.69, 9.17) is 11.6 Å². The van der Waals surface area contributed by atoms with Gasteiger partial charge in [0, 0.05) is 6.20 Å². The van der Waals surface area contributed by atoms with E-state index in [2.05, 4.69) is 19.7 Å². The first kappa shape index (κ1) is 13.8. The molecule has 0 saturated carbocycles. The SMILES string of the molecule is O=S(=O)(Nc1nc2ccccc2nc1Cl)N1C=NC=CC1. The van der Waals surface area contributed by atoms with Crippen LogP contribution >= 0.6 is 11.6 Å². The van der Waals surface area contributed by atoms with Crippen LogP contribution in [-0.2, 0) is 10.2 Å². The zero-order chi connectivity index (χ0) is 14.9. The number of para-hydroxylation sites is 2. The lowest BCUT2D eigenvalue weighted by Crippen LogP contribution is -2.36. The number of halogens is 1. The van der Waals surface area contributed by atoms with Crippen LogP contribution in [0.25, 0.3) is 11.0 Å². The van der Waals surface area contributed by atoms with E-state index in [1.54, 1.807) is 30.3 Å². The fourth-order valence-corrected chi connectivity index (χ4v) is 2.96. The third kappa shape index (κ3) is 2.81. The molecule has 0 aliphatic carbocycles. The highest BCUT2D eigenvalue weighted by molar-refractivity contribution is 7.90. The first-order valence-electron chi connectivity index (χ1n) is 5.96. The van der Waals surface area contributed by atoms with Crippen LogP contribution in [0.5, 0.6) is 0 Å². The van der Waals surface area contributed by atoms with Crippen LogP contribution in [-0.4, -0.2) is 35.6 Å². The van der Waals surface area contributed by atoms with E-state index in [-0.39, 0.29) is 17.5 Å². The van der Waals surface area contributed by atoms with Crippen LogP contribution < -0.4 is 4.72 Å². The molecule has 0 bridgehead atoms. The number of rotatable bonds is 3. The van der Waals surface area contributed by atoms with Crippen LogP contribution in [0.4, 0.5) is 5.82 Å². The van der Waals surface area contributed by atoms with Crippen LogP contribution in [0.2, 0.25) is 5.15 Å². The highest BCUT2D eigenvalue weighted by Crippen LogP contribution is 2.22. The van der Waals surface area contributed by atoms with Gasteiger partial charge in [0.05, 0.1) is 17.6 Å². The molecule has 2 heterocycles. The van der Waals surface area contributed by atoms with E-state index in [0.717, 1.165) is 4.31 Å². The number of hydrogen-bond acceptors (Lipinski definition) is 5. The number of aliphatic imine (C=N–C) groups is 1. The maximum absolute atomic E-state index is 12.2. The van der Waals surface area contributed by atoms with Crippen molar-refractivity contribution in [3.63, 3.8) is 0 Å². The molecular weight excluding hydrogens is 314 g/mol. The fourth-order valence-electron chi connectivity index (χ4n) is 1.76. The summed E-state index contributed by atoms with van der Waals surface area (Å²) < 4.78 is 27.8. The zero-order valence-corrected chi connectivity index (χ0v) is 12.2. The van der Waals surface area contributed by atoms with Gasteiger partial charge in [0.1, 0.15) is 6.34 Å². The van der Waals surface area contributed by atoms with Gasteiger partial charge >= 0.3 is 10.2 Å². The molecule has 0 spiro atoms. The molecule has 1 N–H and O–H groups in total. The minimum Gasteiger partial charge on any atom is -0.247 e. The van der Waals surface area contributed by atoms with Crippen LogP contribution in [0, 0.1) is 0 Å². The van der Waals surface area contributed by atoms with E-state index in [1.807, 2.05) is 0 Å². The van der Waals surface area contributed by atoms with Crippen molar-refractivity contribution in [3.05, 3.63) is 41.7 Å². The molecule has 1 aromatic heterocycles. The molecule has 2 aromatic rings. The minimum absolute atomic E-state index is 0.0123. The second-order valence-corrected chi connectivity index (χ2v) is 6.16. The van der Waals surface area contributed by atoms with Gasteiger partial charge in [0.2, 0.25) is 0 Å². The van der Waals surface area contributed by atoms with E-state index in [0.29, 0.717) is 11.0 Å². The second-order valence-electron chi connectivity index (χ2n) is 4.18. The number of benzene rings is 1. The van der Waals surface area contributed by atoms with Gasteiger partial charge in [-0.1, -0.05) is 23.7 Å². The lowest BCUT2D eigenvalue weighted by atomic mass is 10.3. The molecule has 0 amide bonds. The predicted molar refractivity (Wildman–Crippen MR) is 81.4 cm³/mol. The van der Waals surface area contributed by atoms with Gasteiger partial charge in [0.25, 0.3) is 0 Å². The van der Waals surface area contributed by atoms with Gasteiger partial charge in [0.15, 0.2) is 11.0 Å². The van der Waals surface area contributed by atoms with Gasteiger partial charge in [-0.2, -0.15) is 8.42 Å². The van der Waals surface area contributed by atoms with Crippen molar-refractivity contribution in [2.45, 2.75) is 0 Å². The summed E-state index contributed by atoms with van der Waals surface area (Å²) in [5.74, 6) is -0.0154. The van der Waals surface area contributed by atoms with Gasteiger partial charge < -0.3 is 0 Å². The zero-order valence-electron chi connectivity index (χ0n) is 10.6. The summed E-state index contributed by atoms with van der Waals surface area (Å²) in [6.45, 7) is 0.192. The normalized spacial score (nSPS) is 14.6. The average molecular weight is 324 g/mol. The molecule has 9 heteroatoms. The number of hydrogen-bond donors (Lipinski definition) is 1. The molecule has 21 heavy (non-hydrogen) atoms. The molecule has 3 rings (SSSR count). The molecule has 0 atom stereocenters. The maximum Gasteiger partial charge on any atom is 0.326 e. The third-order valence-corrected chi connectivity index (χ3v) is 4.31. The fraction of sp³-hybridized carbons (Fsp3) is 0.0833. The number of nitrogens with zero attached hydrogens (tertiary/aromatic N) is 4. The van der Waals surface area contributed by atoms with Gasteiger partial charge in [-0.3, -0.25) is 0 Å². The van der Waals surface area contributed by atoms with Crippen LogP contribution in [0.15, 0.2) is 41.5 Å². The first-order valence-corrected chi connectivity index (χ1v) is 7.78. The molecule has 0 saturated heterocycles. The smallest absolute Gasteiger partial charge is 0.247 e. The monoisotopic (exact) mass is 323 g/mol. The minimum atomic E-state index is -3.83. The maximum atomic E-state index is 12.2. The summed E-state index contributed by atoms with van der Waals surface area (Å²) in [6.07, 6.45) is 4.35. The van der Waals surface area contributed by atoms with Crippen molar-refractivity contribution in [3.8, 4) is 0 Å². The lowest BCUT2D eigenvalue weighted by Gasteiger charge is -2.20. The van der Waals surface area contributed by atoms with Crippen molar-refractivity contribution < 1.29 is 8.42 Å². The standard InChI is InChI=1S/C12H10ClN5O2S/c13-11-12(16-10-5-2-1-4-9(10)15-11)17-21(19,20)18-7-3-6-14-8-18/h1-6,8H,7H2,(H,16,17). The van der Waals surface area contributed by atoms with Gasteiger partial charge in [-0.15, -0.1) is 0 Å². The number of aromatic nitrogens is 2. The van der Waals surface area contributed by atoms with Crippen LogP contribution in [0.1, 0.15) is 0 Å². The Morgan fingerprint density at radius 1 is 1.19 bits per heavy atom. The summed E-state index contributed by atoms with van der Waals surface area (Å²) in [5, 5.41) is -0.0123. The van der Waals surface area contributed by atoms with Crippen molar-refractivity contribution in [1.29, 1.82) is 0 Å². The predicted octanol–water partition coefficient (Wildman–Crippen LogP) is 1.80. The van der Waals surface area contributed by atoms with E-state index in [1.165, 1.54) is 12.5 Å². The largest absolute Gasteiger partial charge is 0.326 e.